The summed E-state index contributed by atoms with van der Waals surface area (Å²) in [7, 11) is 0. The highest BCUT2D eigenvalue weighted by molar-refractivity contribution is 5.84. The first kappa shape index (κ1) is 17.9. The predicted molar refractivity (Wildman–Crippen MR) is 99.6 cm³/mol. The summed E-state index contributed by atoms with van der Waals surface area (Å²) in [5, 5.41) is 0. The number of hydrogen-bond donors (Lipinski definition) is 0. The number of ether oxygens (including phenoxy) is 2. The third kappa shape index (κ3) is 3.85. The minimum atomic E-state index is -0.610. The van der Waals surface area contributed by atoms with Crippen LogP contribution < -0.4 is 9.47 Å². The van der Waals surface area contributed by atoms with E-state index in [0.717, 1.165) is 17.4 Å². The largest absolute Gasteiger partial charge is 0.494 e. The lowest BCUT2D eigenvalue weighted by molar-refractivity contribution is 0.340. The van der Waals surface area contributed by atoms with Crippen molar-refractivity contribution in [3.63, 3.8) is 0 Å². The maximum atomic E-state index is 14.6. The lowest BCUT2D eigenvalue weighted by Crippen LogP contribution is -1.95. The van der Waals surface area contributed by atoms with Crippen LogP contribution in [0.15, 0.2) is 60.7 Å². The van der Waals surface area contributed by atoms with Gasteiger partial charge >= 0.3 is 0 Å². The average Bonchev–Trinajstić information content (AvgIpc) is 2.63. The van der Waals surface area contributed by atoms with Crippen molar-refractivity contribution in [2.45, 2.75) is 13.8 Å². The fourth-order valence-corrected chi connectivity index (χ4v) is 2.88. The van der Waals surface area contributed by atoms with Gasteiger partial charge in [0.25, 0.3) is 0 Å². The number of halogens is 2. The molecule has 0 fully saturated rings. The van der Waals surface area contributed by atoms with Crippen molar-refractivity contribution in [1.29, 1.82) is 0 Å². The summed E-state index contributed by atoms with van der Waals surface area (Å²) >= 11 is 0. The van der Waals surface area contributed by atoms with E-state index in [9.17, 15) is 8.78 Å². The van der Waals surface area contributed by atoms with Gasteiger partial charge in [-0.2, -0.15) is 0 Å². The molecule has 3 aromatic carbocycles. The van der Waals surface area contributed by atoms with Gasteiger partial charge in [-0.05, 0) is 60.9 Å². The molecule has 0 bridgehead atoms. The topological polar surface area (TPSA) is 18.5 Å². The monoisotopic (exact) mass is 354 g/mol. The Balaban J connectivity index is 2.07. The molecule has 0 saturated carbocycles. The van der Waals surface area contributed by atoms with Crippen LogP contribution in [-0.4, -0.2) is 13.2 Å². The van der Waals surface area contributed by atoms with E-state index in [1.807, 2.05) is 13.8 Å². The predicted octanol–water partition coefficient (Wildman–Crippen LogP) is 6.10. The maximum absolute atomic E-state index is 14.6. The second kappa shape index (κ2) is 8.00. The van der Waals surface area contributed by atoms with E-state index in [-0.39, 0.29) is 0 Å². The third-order valence-corrected chi connectivity index (χ3v) is 3.99. The summed E-state index contributed by atoms with van der Waals surface area (Å²) in [6.45, 7) is 4.92. The molecule has 4 heteroatoms. The molecule has 0 radical (unpaired) electrons. The maximum Gasteiger partial charge on any atom is 0.134 e. The van der Waals surface area contributed by atoms with Gasteiger partial charge in [0.05, 0.1) is 13.2 Å². The van der Waals surface area contributed by atoms with Crippen molar-refractivity contribution >= 4 is 0 Å². The molecule has 3 rings (SSSR count). The van der Waals surface area contributed by atoms with Crippen molar-refractivity contribution in [3.8, 4) is 33.8 Å². The molecule has 2 nitrogen and oxygen atoms in total. The minimum Gasteiger partial charge on any atom is -0.494 e. The second-order valence-corrected chi connectivity index (χ2v) is 5.72. The fraction of sp³-hybridized carbons (Fsp3) is 0.182. The number of hydrogen-bond acceptors (Lipinski definition) is 2. The van der Waals surface area contributed by atoms with Gasteiger partial charge in [-0.1, -0.05) is 24.3 Å². The summed E-state index contributed by atoms with van der Waals surface area (Å²) in [6, 6.07) is 16.6. The molecule has 0 saturated heterocycles. The molecule has 134 valence electrons. The normalized spacial score (nSPS) is 10.6. The Labute approximate surface area is 152 Å². The summed E-state index contributed by atoms with van der Waals surface area (Å²) in [5.74, 6) is 0.219. The molecular formula is C22H20F2O2. The third-order valence-electron chi connectivity index (χ3n) is 3.99. The lowest BCUT2D eigenvalue weighted by Gasteiger charge is -2.13. The first-order valence-electron chi connectivity index (χ1n) is 8.58. The van der Waals surface area contributed by atoms with Gasteiger partial charge in [0.2, 0.25) is 0 Å². The number of rotatable bonds is 6. The van der Waals surface area contributed by atoms with Crippen LogP contribution in [0.4, 0.5) is 8.78 Å². The first-order chi connectivity index (χ1) is 12.6. The molecule has 0 unspecified atom stereocenters. The Hall–Kier alpha value is -2.88. The van der Waals surface area contributed by atoms with Crippen molar-refractivity contribution in [2.75, 3.05) is 13.2 Å². The Kier molecular flexibility index (Phi) is 5.52. The molecule has 3 aromatic rings. The van der Waals surface area contributed by atoms with Crippen molar-refractivity contribution < 1.29 is 18.3 Å². The fourth-order valence-electron chi connectivity index (χ4n) is 2.88. The molecule has 0 N–H and O–H groups in total. The zero-order chi connectivity index (χ0) is 18.5. The van der Waals surface area contributed by atoms with E-state index in [2.05, 4.69) is 0 Å². The van der Waals surface area contributed by atoms with Gasteiger partial charge in [0.15, 0.2) is 0 Å². The van der Waals surface area contributed by atoms with Crippen LogP contribution >= 0.6 is 0 Å². The van der Waals surface area contributed by atoms with Gasteiger partial charge in [-0.3, -0.25) is 0 Å². The van der Waals surface area contributed by atoms with Gasteiger partial charge in [-0.25, -0.2) is 8.78 Å². The second-order valence-electron chi connectivity index (χ2n) is 5.72. The van der Waals surface area contributed by atoms with Crippen LogP contribution in [0.25, 0.3) is 22.3 Å². The van der Waals surface area contributed by atoms with Crippen LogP contribution in [0.2, 0.25) is 0 Å². The van der Waals surface area contributed by atoms with Crippen molar-refractivity contribution in [3.05, 3.63) is 72.3 Å². The molecule has 0 atom stereocenters. The van der Waals surface area contributed by atoms with Gasteiger partial charge in [0, 0.05) is 11.6 Å². The van der Waals surface area contributed by atoms with E-state index < -0.39 is 11.6 Å². The molecule has 0 aliphatic carbocycles. The van der Waals surface area contributed by atoms with Crippen LogP contribution in [-0.2, 0) is 0 Å². The highest BCUT2D eigenvalue weighted by Crippen LogP contribution is 2.36. The molecular weight excluding hydrogens is 334 g/mol. The summed E-state index contributed by atoms with van der Waals surface area (Å²) in [6.07, 6.45) is 0. The smallest absolute Gasteiger partial charge is 0.134 e. The first-order valence-corrected chi connectivity index (χ1v) is 8.58. The molecule has 0 heterocycles. The van der Waals surface area contributed by atoms with Crippen LogP contribution in [0, 0.1) is 11.6 Å². The highest BCUT2D eigenvalue weighted by atomic mass is 19.1. The van der Waals surface area contributed by atoms with Crippen molar-refractivity contribution in [2.24, 2.45) is 0 Å². The summed E-state index contributed by atoms with van der Waals surface area (Å²) < 4.78 is 39.4. The average molecular weight is 354 g/mol. The van der Waals surface area contributed by atoms with Crippen molar-refractivity contribution in [1.82, 2.24) is 0 Å². The van der Waals surface area contributed by atoms with Gasteiger partial charge < -0.3 is 9.47 Å². The van der Waals surface area contributed by atoms with Crippen LogP contribution in [0.5, 0.6) is 11.5 Å². The molecule has 0 amide bonds. The number of benzene rings is 3. The van der Waals surface area contributed by atoms with E-state index in [1.54, 1.807) is 48.5 Å². The van der Waals surface area contributed by atoms with E-state index >= 15 is 0 Å². The quantitative estimate of drug-likeness (QED) is 0.533. The molecule has 0 spiro atoms. The molecule has 0 aliphatic heterocycles. The Morgan fingerprint density at radius 2 is 1.19 bits per heavy atom. The Morgan fingerprint density at radius 3 is 1.69 bits per heavy atom. The zero-order valence-electron chi connectivity index (χ0n) is 14.8. The summed E-state index contributed by atoms with van der Waals surface area (Å²) in [5.41, 5.74) is 2.24. The Morgan fingerprint density at radius 1 is 0.692 bits per heavy atom. The lowest BCUT2D eigenvalue weighted by atomic mass is 9.94. The zero-order valence-corrected chi connectivity index (χ0v) is 14.8. The minimum absolute atomic E-state index is 0.360. The van der Waals surface area contributed by atoms with E-state index in [0.29, 0.717) is 35.7 Å². The van der Waals surface area contributed by atoms with Crippen LogP contribution in [0.3, 0.4) is 0 Å². The Bertz CT molecular complexity index is 872. The van der Waals surface area contributed by atoms with Crippen LogP contribution in [0.1, 0.15) is 13.8 Å². The van der Waals surface area contributed by atoms with E-state index in [4.69, 9.17) is 9.47 Å². The standard InChI is InChI=1S/C22H20F2O2/c1-3-25-18-9-5-15(6-10-18)20-13-17(23)14-21(24)22(20)16-7-11-19(12-8-16)26-4-2/h5-14H,3-4H2,1-2H3. The van der Waals surface area contributed by atoms with Gasteiger partial charge in [0.1, 0.15) is 23.1 Å². The highest BCUT2D eigenvalue weighted by Gasteiger charge is 2.15. The van der Waals surface area contributed by atoms with Gasteiger partial charge in [-0.15, -0.1) is 0 Å². The summed E-state index contributed by atoms with van der Waals surface area (Å²) in [4.78, 5) is 0. The molecule has 26 heavy (non-hydrogen) atoms. The molecule has 0 aliphatic rings. The molecule has 0 aromatic heterocycles. The van der Waals surface area contributed by atoms with E-state index in [1.165, 1.54) is 6.07 Å². The SMILES string of the molecule is CCOc1ccc(-c2cc(F)cc(F)c2-c2ccc(OCC)cc2)cc1.